The van der Waals surface area contributed by atoms with Crippen LogP contribution in [0.2, 0.25) is 0 Å². The van der Waals surface area contributed by atoms with Crippen molar-refractivity contribution in [1.82, 2.24) is 5.32 Å². The van der Waals surface area contributed by atoms with Gasteiger partial charge in [-0.3, -0.25) is 0 Å². The predicted octanol–water partition coefficient (Wildman–Crippen LogP) is 3.80. The average molecular weight is 279 g/mol. The Morgan fingerprint density at radius 3 is 2.95 bits per heavy atom. The molecule has 0 saturated heterocycles. The monoisotopic (exact) mass is 279 g/mol. The topological polar surface area (TPSA) is 21.3 Å². The van der Waals surface area contributed by atoms with E-state index in [0.29, 0.717) is 11.3 Å². The fraction of sp³-hybridized carbons (Fsp3) is 0.625. The number of rotatable bonds is 7. The second-order valence-corrected chi connectivity index (χ2v) is 6.96. The summed E-state index contributed by atoms with van der Waals surface area (Å²) in [5, 5.41) is 4.35. The molecule has 0 amide bonds. The zero-order chi connectivity index (χ0) is 13.7. The Morgan fingerprint density at radius 1 is 1.37 bits per heavy atom. The van der Waals surface area contributed by atoms with Gasteiger partial charge in [-0.25, -0.2) is 0 Å². The van der Waals surface area contributed by atoms with Crippen LogP contribution in [0.4, 0.5) is 0 Å². The molecule has 0 aliphatic carbocycles. The number of hydrogen-bond donors (Lipinski definition) is 1. The second kappa shape index (κ2) is 7.20. The molecular weight excluding hydrogens is 254 g/mol. The molecule has 1 aromatic carbocycles. The predicted molar refractivity (Wildman–Crippen MR) is 84.3 cm³/mol. The highest BCUT2D eigenvalue weighted by atomic mass is 32.2. The number of thioether (sulfide) groups is 1. The lowest BCUT2D eigenvalue weighted by Crippen LogP contribution is -2.24. The van der Waals surface area contributed by atoms with Crippen LogP contribution in [0.5, 0.6) is 5.75 Å². The second-order valence-electron chi connectivity index (χ2n) is 5.35. The van der Waals surface area contributed by atoms with Crippen LogP contribution in [0.25, 0.3) is 0 Å². The Hall–Kier alpha value is -0.670. The van der Waals surface area contributed by atoms with Crippen molar-refractivity contribution in [1.29, 1.82) is 0 Å². The minimum Gasteiger partial charge on any atom is -0.493 e. The van der Waals surface area contributed by atoms with Crippen molar-refractivity contribution in [2.75, 3.05) is 18.9 Å². The van der Waals surface area contributed by atoms with Gasteiger partial charge in [-0.15, -0.1) is 0 Å². The van der Waals surface area contributed by atoms with Gasteiger partial charge in [0.2, 0.25) is 0 Å². The molecule has 1 heterocycles. The van der Waals surface area contributed by atoms with Gasteiger partial charge in [-0.2, -0.15) is 11.8 Å². The van der Waals surface area contributed by atoms with Gasteiger partial charge in [0.15, 0.2) is 0 Å². The smallest absolute Gasteiger partial charge is 0.122 e. The maximum absolute atomic E-state index is 5.59. The van der Waals surface area contributed by atoms with Crippen molar-refractivity contribution >= 4 is 11.8 Å². The Kier molecular flexibility index (Phi) is 5.59. The first-order chi connectivity index (χ1) is 9.20. The van der Waals surface area contributed by atoms with E-state index in [4.69, 9.17) is 4.74 Å². The van der Waals surface area contributed by atoms with E-state index in [-0.39, 0.29) is 0 Å². The van der Waals surface area contributed by atoms with E-state index in [1.807, 2.05) is 11.8 Å². The average Bonchev–Trinajstić information content (AvgIpc) is 2.85. The molecular formula is C16H25NOS. The lowest BCUT2D eigenvalue weighted by atomic mass is 10.0. The zero-order valence-electron chi connectivity index (χ0n) is 12.2. The standard InChI is InChI=1S/C16H25NOS/c1-4-8-17-15(11-19-12(2)3)13-5-6-16-14(10-13)7-9-18-16/h5-6,10,12,15,17H,4,7-9,11H2,1-3H3. The molecule has 1 unspecified atom stereocenters. The summed E-state index contributed by atoms with van der Waals surface area (Å²) in [5.41, 5.74) is 2.78. The summed E-state index contributed by atoms with van der Waals surface area (Å²) in [6, 6.07) is 7.14. The van der Waals surface area contributed by atoms with Crippen LogP contribution in [0.1, 0.15) is 44.4 Å². The van der Waals surface area contributed by atoms with E-state index in [9.17, 15) is 0 Å². The van der Waals surface area contributed by atoms with E-state index in [0.717, 1.165) is 31.1 Å². The minimum absolute atomic E-state index is 0.457. The number of fused-ring (bicyclic) bond motifs is 1. The zero-order valence-corrected chi connectivity index (χ0v) is 13.1. The maximum Gasteiger partial charge on any atom is 0.122 e. The van der Waals surface area contributed by atoms with Crippen LogP contribution in [0, 0.1) is 0 Å². The molecule has 0 aromatic heterocycles. The van der Waals surface area contributed by atoms with E-state index < -0.39 is 0 Å². The summed E-state index contributed by atoms with van der Waals surface area (Å²) in [5.74, 6) is 2.21. The van der Waals surface area contributed by atoms with Crippen LogP contribution in [0.15, 0.2) is 18.2 Å². The third kappa shape index (κ3) is 4.15. The Balaban J connectivity index is 2.07. The molecule has 19 heavy (non-hydrogen) atoms. The van der Waals surface area contributed by atoms with E-state index in [1.54, 1.807) is 0 Å². The lowest BCUT2D eigenvalue weighted by molar-refractivity contribution is 0.356. The molecule has 0 saturated carbocycles. The third-order valence-corrected chi connectivity index (χ3v) is 4.55. The molecule has 0 bridgehead atoms. The summed E-state index contributed by atoms with van der Waals surface area (Å²) in [6.07, 6.45) is 2.23. The molecule has 1 N–H and O–H groups in total. The quantitative estimate of drug-likeness (QED) is 0.820. The van der Waals surface area contributed by atoms with Crippen molar-refractivity contribution in [3.8, 4) is 5.75 Å². The molecule has 0 fully saturated rings. The number of nitrogens with one attached hydrogen (secondary N) is 1. The van der Waals surface area contributed by atoms with Gasteiger partial charge in [-0.1, -0.05) is 32.9 Å². The van der Waals surface area contributed by atoms with Gasteiger partial charge in [0.25, 0.3) is 0 Å². The maximum atomic E-state index is 5.59. The normalized spacial score (nSPS) is 15.4. The van der Waals surface area contributed by atoms with E-state index in [1.165, 1.54) is 17.5 Å². The number of benzene rings is 1. The molecule has 106 valence electrons. The molecule has 0 spiro atoms. The van der Waals surface area contributed by atoms with Crippen molar-refractivity contribution in [3.05, 3.63) is 29.3 Å². The fourth-order valence-corrected chi connectivity index (χ4v) is 3.19. The van der Waals surface area contributed by atoms with Gasteiger partial charge in [0, 0.05) is 18.2 Å². The van der Waals surface area contributed by atoms with Crippen molar-refractivity contribution < 1.29 is 4.74 Å². The highest BCUT2D eigenvalue weighted by molar-refractivity contribution is 7.99. The fourth-order valence-electron chi connectivity index (χ4n) is 2.30. The summed E-state index contributed by atoms with van der Waals surface area (Å²) in [4.78, 5) is 0. The third-order valence-electron chi connectivity index (χ3n) is 3.35. The Labute approximate surface area is 121 Å². The number of ether oxygens (including phenoxy) is 1. The van der Waals surface area contributed by atoms with Crippen LogP contribution in [-0.4, -0.2) is 24.2 Å². The molecule has 1 aromatic rings. The van der Waals surface area contributed by atoms with Crippen LogP contribution in [-0.2, 0) is 6.42 Å². The summed E-state index contributed by atoms with van der Waals surface area (Å²) < 4.78 is 5.59. The Bertz CT molecular complexity index is 406. The van der Waals surface area contributed by atoms with Crippen molar-refractivity contribution in [2.45, 2.75) is 44.9 Å². The molecule has 1 aliphatic heterocycles. The first-order valence-electron chi connectivity index (χ1n) is 7.31. The van der Waals surface area contributed by atoms with Gasteiger partial charge in [0.1, 0.15) is 5.75 Å². The van der Waals surface area contributed by atoms with Crippen LogP contribution < -0.4 is 10.1 Å². The van der Waals surface area contributed by atoms with Gasteiger partial charge in [0.05, 0.1) is 6.61 Å². The molecule has 2 rings (SSSR count). The first kappa shape index (κ1) is 14.7. The largest absolute Gasteiger partial charge is 0.493 e. The SMILES string of the molecule is CCCNC(CSC(C)C)c1ccc2c(c1)CCO2. The number of hydrogen-bond acceptors (Lipinski definition) is 3. The van der Waals surface area contributed by atoms with Crippen LogP contribution >= 0.6 is 11.8 Å². The van der Waals surface area contributed by atoms with Crippen LogP contribution in [0.3, 0.4) is 0 Å². The molecule has 1 aliphatic rings. The van der Waals surface area contributed by atoms with E-state index >= 15 is 0 Å². The molecule has 3 heteroatoms. The molecule has 0 radical (unpaired) electrons. The summed E-state index contributed by atoms with van der Waals surface area (Å²) in [6.45, 7) is 8.66. The van der Waals surface area contributed by atoms with Gasteiger partial charge < -0.3 is 10.1 Å². The highest BCUT2D eigenvalue weighted by Gasteiger charge is 2.17. The molecule has 2 nitrogen and oxygen atoms in total. The highest BCUT2D eigenvalue weighted by Crippen LogP contribution is 2.29. The Morgan fingerprint density at radius 2 is 2.21 bits per heavy atom. The summed E-state index contributed by atoms with van der Waals surface area (Å²) in [7, 11) is 0. The summed E-state index contributed by atoms with van der Waals surface area (Å²) >= 11 is 2.02. The van der Waals surface area contributed by atoms with Gasteiger partial charge in [-0.05, 0) is 35.4 Å². The van der Waals surface area contributed by atoms with E-state index in [2.05, 4.69) is 44.3 Å². The minimum atomic E-state index is 0.457. The molecule has 1 atom stereocenters. The first-order valence-corrected chi connectivity index (χ1v) is 8.36. The van der Waals surface area contributed by atoms with Crippen molar-refractivity contribution in [2.24, 2.45) is 0 Å². The van der Waals surface area contributed by atoms with Gasteiger partial charge >= 0.3 is 0 Å². The van der Waals surface area contributed by atoms with Crippen molar-refractivity contribution in [3.63, 3.8) is 0 Å². The lowest BCUT2D eigenvalue weighted by Gasteiger charge is -2.20.